The molecule has 114 valence electrons. The van der Waals surface area contributed by atoms with Crippen LogP contribution in [0.5, 0.6) is 0 Å². The fraction of sp³-hybridized carbons (Fsp3) is 0.300. The van der Waals surface area contributed by atoms with E-state index in [9.17, 15) is 9.59 Å². The smallest absolute Gasteiger partial charge is 0.413 e. The molecular formula is C10H14ClN7O3. The lowest BCUT2D eigenvalue weighted by atomic mass is 10.4. The summed E-state index contributed by atoms with van der Waals surface area (Å²) in [6.07, 6.45) is -0.870. The first-order valence-corrected chi connectivity index (χ1v) is 6.11. The van der Waals surface area contributed by atoms with Crippen LogP contribution < -0.4 is 21.7 Å². The highest BCUT2D eigenvalue weighted by Gasteiger charge is 2.18. The van der Waals surface area contributed by atoms with E-state index in [1.807, 2.05) is 5.32 Å². The van der Waals surface area contributed by atoms with Crippen LogP contribution in [-0.2, 0) is 4.74 Å². The highest BCUT2D eigenvalue weighted by atomic mass is 35.5. The van der Waals surface area contributed by atoms with Crippen molar-refractivity contribution in [2.45, 2.75) is 6.92 Å². The summed E-state index contributed by atoms with van der Waals surface area (Å²) in [5.74, 6) is -1.39. The van der Waals surface area contributed by atoms with Gasteiger partial charge in [-0.25, -0.2) is 14.8 Å². The zero-order valence-corrected chi connectivity index (χ0v) is 12.0. The number of halogens is 1. The Morgan fingerprint density at radius 1 is 1.38 bits per heavy atom. The Morgan fingerprint density at radius 2 is 2.05 bits per heavy atom. The molecule has 1 aromatic rings. The molecule has 0 radical (unpaired) electrons. The maximum Gasteiger partial charge on any atom is 0.413 e. The van der Waals surface area contributed by atoms with Crippen molar-refractivity contribution in [3.8, 4) is 0 Å². The number of hydrogen-bond acceptors (Lipinski definition) is 8. The number of nitrogens with zero attached hydrogens (tertiary/aromatic N) is 2. The first-order chi connectivity index (χ1) is 9.88. The minimum absolute atomic E-state index is 0.0540. The third-order valence-corrected chi connectivity index (χ3v) is 2.34. The quantitative estimate of drug-likeness (QED) is 0.393. The van der Waals surface area contributed by atoms with E-state index in [2.05, 4.69) is 25.3 Å². The van der Waals surface area contributed by atoms with Gasteiger partial charge in [-0.2, -0.15) is 0 Å². The number of ether oxygens (including phenoxy) is 1. The lowest BCUT2D eigenvalue weighted by Crippen LogP contribution is -2.43. The second-order valence-corrected chi connectivity index (χ2v) is 3.88. The molecule has 0 fully saturated rings. The first-order valence-electron chi connectivity index (χ1n) is 5.73. The molecule has 0 atom stereocenters. The van der Waals surface area contributed by atoms with E-state index in [0.717, 1.165) is 0 Å². The number of carbonyl (C=O) groups excluding carboxylic acids is 2. The van der Waals surface area contributed by atoms with Gasteiger partial charge in [0.15, 0.2) is 22.5 Å². The molecule has 0 aliphatic carbocycles. The third kappa shape index (κ3) is 4.45. The minimum atomic E-state index is -0.870. The van der Waals surface area contributed by atoms with Crippen LogP contribution in [-0.4, -0.2) is 41.6 Å². The van der Waals surface area contributed by atoms with Crippen LogP contribution in [0.15, 0.2) is 0 Å². The Kier molecular flexibility index (Phi) is 5.67. The topological polar surface area (TPSA) is 155 Å². The molecule has 0 aliphatic heterocycles. The molecule has 0 saturated heterocycles. The van der Waals surface area contributed by atoms with Gasteiger partial charge in [0.05, 0.1) is 6.61 Å². The second-order valence-electron chi connectivity index (χ2n) is 3.52. The lowest BCUT2D eigenvalue weighted by molar-refractivity contribution is 0.0971. The Bertz CT molecular complexity index is 578. The van der Waals surface area contributed by atoms with Crippen molar-refractivity contribution in [2.75, 3.05) is 24.7 Å². The van der Waals surface area contributed by atoms with Gasteiger partial charge in [-0.15, -0.1) is 0 Å². The molecule has 2 amide bonds. The average Bonchev–Trinajstić information content (AvgIpc) is 2.40. The van der Waals surface area contributed by atoms with Gasteiger partial charge in [0.25, 0.3) is 5.91 Å². The summed E-state index contributed by atoms with van der Waals surface area (Å²) in [4.78, 5) is 30.5. The van der Waals surface area contributed by atoms with Crippen molar-refractivity contribution in [1.29, 1.82) is 5.41 Å². The highest BCUT2D eigenvalue weighted by molar-refractivity contribution is 6.32. The van der Waals surface area contributed by atoms with Gasteiger partial charge in [-0.1, -0.05) is 11.6 Å². The molecule has 0 saturated carbocycles. The van der Waals surface area contributed by atoms with Crippen LogP contribution in [0.2, 0.25) is 5.15 Å². The normalized spacial score (nSPS) is 9.67. The lowest BCUT2D eigenvalue weighted by Gasteiger charge is -2.10. The standard InChI is InChI=1S/C10H14ClN7O3/c1-3-21-10(20)18-9(13)17-8(19)4-6(12)16-7(14-2)5(11)15-4/h3H2,1-2H3,(H3,12,14,16)(H3,13,17,18,19,20). The van der Waals surface area contributed by atoms with Gasteiger partial charge in [0.2, 0.25) is 5.96 Å². The molecule has 0 aliphatic rings. The Morgan fingerprint density at radius 3 is 2.62 bits per heavy atom. The molecule has 1 heterocycles. The van der Waals surface area contributed by atoms with E-state index in [1.54, 1.807) is 14.0 Å². The van der Waals surface area contributed by atoms with Crippen molar-refractivity contribution >= 4 is 41.2 Å². The average molecular weight is 316 g/mol. The molecule has 0 aromatic carbocycles. The summed E-state index contributed by atoms with van der Waals surface area (Å²) >= 11 is 5.79. The molecule has 21 heavy (non-hydrogen) atoms. The molecule has 6 N–H and O–H groups in total. The SMILES string of the molecule is CCOC(=O)NC(=N)NC(=O)c1nc(Cl)c(NC)nc1N. The van der Waals surface area contributed by atoms with E-state index < -0.39 is 18.0 Å². The molecule has 1 aromatic heterocycles. The van der Waals surface area contributed by atoms with E-state index in [0.29, 0.717) is 0 Å². The van der Waals surface area contributed by atoms with Crippen molar-refractivity contribution in [3.63, 3.8) is 0 Å². The summed E-state index contributed by atoms with van der Waals surface area (Å²) in [5, 5.41) is 14.1. The highest BCUT2D eigenvalue weighted by Crippen LogP contribution is 2.19. The van der Waals surface area contributed by atoms with Gasteiger partial charge >= 0.3 is 6.09 Å². The van der Waals surface area contributed by atoms with Gasteiger partial charge in [-0.3, -0.25) is 20.8 Å². The number of rotatable bonds is 3. The third-order valence-electron chi connectivity index (χ3n) is 2.07. The van der Waals surface area contributed by atoms with Gasteiger partial charge in [-0.05, 0) is 6.92 Å². The molecule has 1 rings (SSSR count). The number of nitrogen functional groups attached to an aromatic ring is 1. The number of alkyl carbamates (subject to hydrolysis) is 1. The van der Waals surface area contributed by atoms with Gasteiger partial charge in [0.1, 0.15) is 0 Å². The molecule has 0 spiro atoms. The number of carbonyl (C=O) groups is 2. The predicted octanol–water partition coefficient (Wildman–Crippen LogP) is 0.165. The fourth-order valence-electron chi connectivity index (χ4n) is 1.23. The number of guanidine groups is 1. The summed E-state index contributed by atoms with van der Waals surface area (Å²) in [5.41, 5.74) is 5.31. The molecular weight excluding hydrogens is 302 g/mol. The summed E-state index contributed by atoms with van der Waals surface area (Å²) in [6.45, 7) is 1.73. The Balaban J connectivity index is 2.78. The van der Waals surface area contributed by atoms with Crippen LogP contribution in [0.25, 0.3) is 0 Å². The van der Waals surface area contributed by atoms with E-state index in [1.165, 1.54) is 0 Å². The predicted molar refractivity (Wildman–Crippen MR) is 76.4 cm³/mol. The van der Waals surface area contributed by atoms with Crippen molar-refractivity contribution in [3.05, 3.63) is 10.8 Å². The van der Waals surface area contributed by atoms with Crippen molar-refractivity contribution in [1.82, 2.24) is 20.6 Å². The van der Waals surface area contributed by atoms with Crippen LogP contribution in [0.3, 0.4) is 0 Å². The van der Waals surface area contributed by atoms with E-state index >= 15 is 0 Å². The monoisotopic (exact) mass is 315 g/mol. The van der Waals surface area contributed by atoms with E-state index in [4.69, 9.17) is 22.7 Å². The van der Waals surface area contributed by atoms with E-state index in [-0.39, 0.29) is 29.1 Å². The number of aromatic nitrogens is 2. The van der Waals surface area contributed by atoms with Crippen molar-refractivity contribution in [2.24, 2.45) is 0 Å². The fourth-order valence-corrected chi connectivity index (χ4v) is 1.45. The summed E-state index contributed by atoms with van der Waals surface area (Å²) < 4.78 is 4.55. The maximum absolute atomic E-state index is 11.9. The van der Waals surface area contributed by atoms with Crippen LogP contribution in [0.4, 0.5) is 16.4 Å². The van der Waals surface area contributed by atoms with Crippen LogP contribution >= 0.6 is 11.6 Å². The first kappa shape index (κ1) is 16.4. The number of nitrogens with two attached hydrogens (primary N) is 1. The second kappa shape index (κ2) is 7.24. The molecule has 10 nitrogen and oxygen atoms in total. The number of hydrogen-bond donors (Lipinski definition) is 5. The summed E-state index contributed by atoms with van der Waals surface area (Å²) in [6, 6.07) is 0. The Hall–Kier alpha value is -2.62. The summed E-state index contributed by atoms with van der Waals surface area (Å²) in [7, 11) is 1.56. The zero-order valence-electron chi connectivity index (χ0n) is 11.3. The zero-order chi connectivity index (χ0) is 16.0. The molecule has 11 heteroatoms. The number of anilines is 2. The number of nitrogens with one attached hydrogen (secondary N) is 4. The largest absolute Gasteiger partial charge is 0.450 e. The van der Waals surface area contributed by atoms with Crippen LogP contribution in [0.1, 0.15) is 17.4 Å². The molecule has 0 unspecified atom stereocenters. The minimum Gasteiger partial charge on any atom is -0.450 e. The van der Waals surface area contributed by atoms with Crippen LogP contribution in [0, 0.1) is 5.41 Å². The maximum atomic E-state index is 11.9. The number of amides is 2. The van der Waals surface area contributed by atoms with Crippen molar-refractivity contribution < 1.29 is 14.3 Å². The van der Waals surface area contributed by atoms with Gasteiger partial charge in [0, 0.05) is 7.05 Å². The molecule has 0 bridgehead atoms. The Labute approximate surface area is 124 Å². The van der Waals surface area contributed by atoms with Gasteiger partial charge < -0.3 is 15.8 Å².